The first-order valence-corrected chi connectivity index (χ1v) is 34.8. The summed E-state index contributed by atoms with van der Waals surface area (Å²) in [5.41, 5.74) is 0. The van der Waals surface area contributed by atoms with Crippen LogP contribution in [-0.4, -0.2) is 47.4 Å². The van der Waals surface area contributed by atoms with E-state index in [2.05, 4.69) is 19.2 Å². The second kappa shape index (κ2) is 65.4. The van der Waals surface area contributed by atoms with Gasteiger partial charge in [-0.3, -0.25) is 9.59 Å². The molecule has 0 aliphatic carbocycles. The first-order chi connectivity index (χ1) is 37.0. The van der Waals surface area contributed by atoms with E-state index < -0.39 is 12.1 Å². The molecule has 0 saturated carbocycles. The van der Waals surface area contributed by atoms with Crippen LogP contribution in [0.15, 0.2) is 0 Å². The van der Waals surface area contributed by atoms with Gasteiger partial charge in [-0.1, -0.05) is 367 Å². The minimum Gasteiger partial charge on any atom is -0.466 e. The lowest BCUT2D eigenvalue weighted by molar-refractivity contribution is -0.143. The van der Waals surface area contributed by atoms with Crippen LogP contribution in [0.5, 0.6) is 0 Å². The van der Waals surface area contributed by atoms with Crippen molar-refractivity contribution >= 4 is 11.9 Å². The van der Waals surface area contributed by atoms with E-state index in [1.807, 2.05) is 0 Å². The second-order valence-corrected chi connectivity index (χ2v) is 24.2. The molecule has 75 heavy (non-hydrogen) atoms. The number of nitrogens with one attached hydrogen (secondary N) is 1. The van der Waals surface area contributed by atoms with Gasteiger partial charge in [0.2, 0.25) is 5.91 Å². The van der Waals surface area contributed by atoms with E-state index in [1.165, 1.54) is 334 Å². The zero-order valence-corrected chi connectivity index (χ0v) is 51.3. The lowest BCUT2D eigenvalue weighted by Gasteiger charge is -2.22. The van der Waals surface area contributed by atoms with Crippen molar-refractivity contribution in [1.29, 1.82) is 0 Å². The Labute approximate surface area is 470 Å². The minimum absolute atomic E-state index is 0.0147. The largest absolute Gasteiger partial charge is 0.466 e. The Morgan fingerprint density at radius 2 is 0.547 bits per heavy atom. The Morgan fingerprint density at radius 1 is 0.320 bits per heavy atom. The summed E-state index contributed by atoms with van der Waals surface area (Å²) in [5, 5.41) is 23.4. The average molecular weight is 1060 g/mol. The van der Waals surface area contributed by atoms with Crippen molar-refractivity contribution in [2.24, 2.45) is 0 Å². The van der Waals surface area contributed by atoms with Gasteiger partial charge in [0.25, 0.3) is 0 Å². The van der Waals surface area contributed by atoms with E-state index in [0.29, 0.717) is 25.9 Å². The van der Waals surface area contributed by atoms with Gasteiger partial charge in [-0.2, -0.15) is 0 Å². The fraction of sp³-hybridized carbons (Fsp3) is 0.971. The molecule has 0 rings (SSSR count). The van der Waals surface area contributed by atoms with Gasteiger partial charge in [0.1, 0.15) is 0 Å². The number of hydrogen-bond donors (Lipinski definition) is 3. The molecule has 0 fully saturated rings. The maximum Gasteiger partial charge on any atom is 0.305 e. The lowest BCUT2D eigenvalue weighted by Crippen LogP contribution is -2.45. The van der Waals surface area contributed by atoms with Crippen molar-refractivity contribution in [1.82, 2.24) is 5.32 Å². The summed E-state index contributed by atoms with van der Waals surface area (Å²) in [6, 6.07) is -0.544. The second-order valence-electron chi connectivity index (χ2n) is 24.2. The van der Waals surface area contributed by atoms with Crippen LogP contribution < -0.4 is 5.32 Å². The van der Waals surface area contributed by atoms with Gasteiger partial charge in [0, 0.05) is 12.8 Å². The van der Waals surface area contributed by atoms with Crippen LogP contribution in [0.3, 0.4) is 0 Å². The summed E-state index contributed by atoms with van der Waals surface area (Å²) in [5.74, 6) is -0.0175. The molecule has 2 atom stereocenters. The molecule has 6 heteroatoms. The van der Waals surface area contributed by atoms with Crippen molar-refractivity contribution in [2.45, 2.75) is 418 Å². The van der Waals surface area contributed by atoms with Crippen molar-refractivity contribution in [3.05, 3.63) is 0 Å². The fourth-order valence-corrected chi connectivity index (χ4v) is 11.4. The van der Waals surface area contributed by atoms with Crippen LogP contribution in [0.4, 0.5) is 0 Å². The molecule has 0 radical (unpaired) electrons. The number of aliphatic hydroxyl groups is 2. The Hall–Kier alpha value is -1.14. The maximum absolute atomic E-state index is 12.5. The van der Waals surface area contributed by atoms with Crippen LogP contribution in [0, 0.1) is 0 Å². The topological polar surface area (TPSA) is 95.9 Å². The normalized spacial score (nSPS) is 12.4. The van der Waals surface area contributed by atoms with E-state index in [0.717, 1.165) is 38.5 Å². The van der Waals surface area contributed by atoms with Crippen LogP contribution >= 0.6 is 0 Å². The van der Waals surface area contributed by atoms with E-state index in [4.69, 9.17) is 4.74 Å². The zero-order chi connectivity index (χ0) is 54.3. The number of aliphatic hydroxyl groups excluding tert-OH is 2. The van der Waals surface area contributed by atoms with E-state index in [-0.39, 0.29) is 18.5 Å². The predicted molar refractivity (Wildman–Crippen MR) is 329 cm³/mol. The molecule has 2 unspecified atom stereocenters. The van der Waals surface area contributed by atoms with Gasteiger partial charge in [-0.05, 0) is 25.7 Å². The standard InChI is InChI=1S/C69H137NO5/c1-3-5-7-9-11-13-15-17-19-21-22-23-24-26-30-33-37-41-45-49-53-57-61-67(72)66(65-71)70-68(73)62-58-54-50-46-42-38-34-31-27-25-28-32-36-40-44-48-52-56-60-64-75-69(74)63-59-55-51-47-43-39-35-29-20-18-16-14-12-10-8-6-4-2/h66-67,71-72H,3-65H2,1-2H3,(H,70,73). The summed E-state index contributed by atoms with van der Waals surface area (Å²) in [4.78, 5) is 24.6. The number of ether oxygens (including phenoxy) is 1. The summed E-state index contributed by atoms with van der Waals surface area (Å²) in [7, 11) is 0. The van der Waals surface area contributed by atoms with Gasteiger partial charge >= 0.3 is 5.97 Å². The van der Waals surface area contributed by atoms with Crippen molar-refractivity contribution in [3.8, 4) is 0 Å². The molecule has 0 aliphatic rings. The molecule has 0 bridgehead atoms. The lowest BCUT2D eigenvalue weighted by atomic mass is 10.0. The zero-order valence-electron chi connectivity index (χ0n) is 51.3. The molecule has 0 saturated heterocycles. The molecule has 0 aliphatic heterocycles. The third-order valence-electron chi connectivity index (χ3n) is 16.7. The number of unbranched alkanes of at least 4 members (excludes halogenated alkanes) is 55. The number of hydrogen-bond acceptors (Lipinski definition) is 5. The van der Waals surface area contributed by atoms with Crippen molar-refractivity contribution < 1.29 is 24.5 Å². The number of carbonyl (C=O) groups is 2. The molecule has 0 heterocycles. The molecule has 448 valence electrons. The summed E-state index contributed by atoms with van der Waals surface area (Å²) in [6.45, 7) is 5.00. The molecule has 0 aromatic rings. The number of esters is 1. The summed E-state index contributed by atoms with van der Waals surface area (Å²) in [6.07, 6.45) is 78.5. The van der Waals surface area contributed by atoms with Gasteiger partial charge in [0.15, 0.2) is 0 Å². The molecular weight excluding hydrogens is 923 g/mol. The molecule has 0 aromatic carbocycles. The van der Waals surface area contributed by atoms with Gasteiger partial charge in [-0.15, -0.1) is 0 Å². The van der Waals surface area contributed by atoms with Crippen LogP contribution in [-0.2, 0) is 14.3 Å². The van der Waals surface area contributed by atoms with Crippen molar-refractivity contribution in [3.63, 3.8) is 0 Å². The molecular formula is C69H137NO5. The molecule has 0 aromatic heterocycles. The number of rotatable bonds is 66. The maximum atomic E-state index is 12.5. The molecule has 6 nitrogen and oxygen atoms in total. The first kappa shape index (κ1) is 73.9. The minimum atomic E-state index is -0.666. The Bertz CT molecular complexity index is 1080. The van der Waals surface area contributed by atoms with Gasteiger partial charge in [-0.25, -0.2) is 0 Å². The molecule has 0 spiro atoms. The van der Waals surface area contributed by atoms with E-state index >= 15 is 0 Å². The first-order valence-electron chi connectivity index (χ1n) is 34.8. The Balaban J connectivity index is 3.37. The molecule has 3 N–H and O–H groups in total. The third-order valence-corrected chi connectivity index (χ3v) is 16.7. The monoisotopic (exact) mass is 1060 g/mol. The Kier molecular flexibility index (Phi) is 64.4. The van der Waals surface area contributed by atoms with Crippen LogP contribution in [0.2, 0.25) is 0 Å². The highest BCUT2D eigenvalue weighted by atomic mass is 16.5. The van der Waals surface area contributed by atoms with Crippen LogP contribution in [0.25, 0.3) is 0 Å². The Morgan fingerprint density at radius 3 is 0.813 bits per heavy atom. The average Bonchev–Trinajstić information content (AvgIpc) is 3.41. The fourth-order valence-electron chi connectivity index (χ4n) is 11.4. The van der Waals surface area contributed by atoms with Crippen molar-refractivity contribution in [2.75, 3.05) is 13.2 Å². The highest BCUT2D eigenvalue weighted by molar-refractivity contribution is 5.76. The van der Waals surface area contributed by atoms with Crippen LogP contribution in [0.1, 0.15) is 406 Å². The number of amides is 1. The quantitative estimate of drug-likeness (QED) is 0.0417. The highest BCUT2D eigenvalue weighted by Crippen LogP contribution is 2.19. The highest BCUT2D eigenvalue weighted by Gasteiger charge is 2.20. The summed E-state index contributed by atoms with van der Waals surface area (Å²) < 4.78 is 5.50. The van der Waals surface area contributed by atoms with E-state index in [9.17, 15) is 19.8 Å². The third kappa shape index (κ3) is 61.9. The van der Waals surface area contributed by atoms with Gasteiger partial charge in [0.05, 0.1) is 25.4 Å². The van der Waals surface area contributed by atoms with E-state index in [1.54, 1.807) is 0 Å². The SMILES string of the molecule is CCCCCCCCCCCCCCCCCCCCCCCCC(O)C(CO)NC(=O)CCCCCCCCCCCCCCCCCCCCCOC(=O)CCCCCCCCCCCCCCCCCCC. The predicted octanol–water partition coefficient (Wildman–Crippen LogP) is 22.2. The molecule has 1 amide bonds. The number of carbonyl (C=O) groups excluding carboxylic acids is 2. The summed E-state index contributed by atoms with van der Waals surface area (Å²) >= 11 is 0. The van der Waals surface area contributed by atoms with Gasteiger partial charge < -0.3 is 20.3 Å². The smallest absolute Gasteiger partial charge is 0.305 e.